The third-order valence-corrected chi connectivity index (χ3v) is 3.26. The van der Waals surface area contributed by atoms with Gasteiger partial charge in [0.1, 0.15) is 0 Å². The summed E-state index contributed by atoms with van der Waals surface area (Å²) >= 11 is 0. The number of nitrogens with two attached hydrogens (primary N) is 1. The fourth-order valence-electron chi connectivity index (χ4n) is 2.19. The van der Waals surface area contributed by atoms with Crippen molar-refractivity contribution in [2.75, 3.05) is 25.9 Å². The van der Waals surface area contributed by atoms with Crippen LogP contribution in [0.1, 0.15) is 29.6 Å². The zero-order chi connectivity index (χ0) is 13.0. The number of amides is 1. The fraction of sp³-hybridized carbons (Fsp3) is 0.500. The highest BCUT2D eigenvalue weighted by Crippen LogP contribution is 2.15. The van der Waals surface area contributed by atoms with E-state index in [-0.39, 0.29) is 12.0 Å². The summed E-state index contributed by atoms with van der Waals surface area (Å²) in [5, 5.41) is 0. The lowest BCUT2D eigenvalue weighted by molar-refractivity contribution is -0.000186. The van der Waals surface area contributed by atoms with Crippen LogP contribution in [-0.4, -0.2) is 37.1 Å². The van der Waals surface area contributed by atoms with Gasteiger partial charge in [0.15, 0.2) is 0 Å². The molecule has 2 rings (SSSR count). The summed E-state index contributed by atoms with van der Waals surface area (Å²) in [6, 6.07) is 7.02. The molecule has 1 atom stereocenters. The van der Waals surface area contributed by atoms with Crippen molar-refractivity contribution in [3.8, 4) is 0 Å². The topological polar surface area (TPSA) is 55.6 Å². The normalized spacial score (nSPS) is 19.5. The first-order valence-electron chi connectivity index (χ1n) is 6.39. The van der Waals surface area contributed by atoms with E-state index < -0.39 is 0 Å². The summed E-state index contributed by atoms with van der Waals surface area (Å²) in [5.74, 6) is 0.0178. The van der Waals surface area contributed by atoms with Crippen LogP contribution in [0.5, 0.6) is 0 Å². The summed E-state index contributed by atoms with van der Waals surface area (Å²) in [5.41, 5.74) is 6.95. The number of hydrogen-bond donors (Lipinski definition) is 1. The van der Waals surface area contributed by atoms with Gasteiger partial charge in [-0.25, -0.2) is 0 Å². The Morgan fingerprint density at radius 2 is 2.11 bits per heavy atom. The van der Waals surface area contributed by atoms with Gasteiger partial charge in [-0.15, -0.1) is 0 Å². The summed E-state index contributed by atoms with van der Waals surface area (Å²) in [6.07, 6.45) is 3.54. The molecule has 0 spiro atoms. The number of hydrogen-bond acceptors (Lipinski definition) is 3. The average Bonchev–Trinajstić information content (AvgIpc) is 2.40. The molecule has 1 unspecified atom stereocenters. The van der Waals surface area contributed by atoms with Crippen molar-refractivity contribution in [3.63, 3.8) is 0 Å². The van der Waals surface area contributed by atoms with Crippen LogP contribution < -0.4 is 5.73 Å². The van der Waals surface area contributed by atoms with Gasteiger partial charge in [-0.3, -0.25) is 4.79 Å². The van der Waals surface area contributed by atoms with Crippen molar-refractivity contribution in [2.45, 2.75) is 25.4 Å². The molecule has 98 valence electrons. The second kappa shape index (κ2) is 5.87. The summed E-state index contributed by atoms with van der Waals surface area (Å²) in [4.78, 5) is 13.9. The van der Waals surface area contributed by atoms with Crippen molar-refractivity contribution >= 4 is 11.6 Å². The molecule has 0 radical (unpaired) electrons. The monoisotopic (exact) mass is 248 g/mol. The molecule has 1 aromatic rings. The lowest BCUT2D eigenvalue weighted by Crippen LogP contribution is -2.37. The maximum Gasteiger partial charge on any atom is 0.253 e. The van der Waals surface area contributed by atoms with Crippen molar-refractivity contribution in [1.82, 2.24) is 4.90 Å². The van der Waals surface area contributed by atoms with Gasteiger partial charge < -0.3 is 15.4 Å². The highest BCUT2D eigenvalue weighted by Gasteiger charge is 2.19. The van der Waals surface area contributed by atoms with E-state index in [0.29, 0.717) is 17.8 Å². The predicted molar refractivity (Wildman–Crippen MR) is 71.4 cm³/mol. The van der Waals surface area contributed by atoms with Gasteiger partial charge in [-0.1, -0.05) is 0 Å². The number of rotatable bonds is 3. The minimum Gasteiger partial charge on any atom is -0.399 e. The van der Waals surface area contributed by atoms with E-state index in [1.807, 2.05) is 7.05 Å². The Bertz CT molecular complexity index is 397. The molecule has 2 N–H and O–H groups in total. The Kier molecular flexibility index (Phi) is 4.20. The van der Waals surface area contributed by atoms with Gasteiger partial charge in [0.25, 0.3) is 5.91 Å². The van der Waals surface area contributed by atoms with E-state index in [4.69, 9.17) is 10.5 Å². The fourth-order valence-corrected chi connectivity index (χ4v) is 2.19. The molecule has 1 aliphatic rings. The third kappa shape index (κ3) is 3.23. The SMILES string of the molecule is CN(CC1CCCCO1)C(=O)c1ccc(N)cc1. The van der Waals surface area contributed by atoms with E-state index in [2.05, 4.69) is 0 Å². The largest absolute Gasteiger partial charge is 0.399 e. The molecule has 18 heavy (non-hydrogen) atoms. The zero-order valence-electron chi connectivity index (χ0n) is 10.8. The van der Waals surface area contributed by atoms with E-state index in [1.165, 1.54) is 6.42 Å². The summed E-state index contributed by atoms with van der Waals surface area (Å²) in [7, 11) is 1.82. The van der Waals surface area contributed by atoms with Gasteiger partial charge in [-0.05, 0) is 43.5 Å². The van der Waals surface area contributed by atoms with Crippen molar-refractivity contribution < 1.29 is 9.53 Å². The number of benzene rings is 1. The minimum atomic E-state index is 0.0178. The molecule has 0 saturated carbocycles. The van der Waals surface area contributed by atoms with E-state index in [1.54, 1.807) is 29.2 Å². The second-order valence-corrected chi connectivity index (χ2v) is 4.80. The smallest absolute Gasteiger partial charge is 0.253 e. The maximum atomic E-state index is 12.2. The summed E-state index contributed by atoms with van der Waals surface area (Å²) in [6.45, 7) is 1.47. The quantitative estimate of drug-likeness (QED) is 0.831. The number of likely N-dealkylation sites (N-methyl/N-ethyl adjacent to an activating group) is 1. The van der Waals surface area contributed by atoms with Crippen LogP contribution in [0.15, 0.2) is 24.3 Å². The molecule has 1 heterocycles. The zero-order valence-corrected chi connectivity index (χ0v) is 10.8. The first-order chi connectivity index (χ1) is 8.66. The highest BCUT2D eigenvalue weighted by molar-refractivity contribution is 5.94. The Balaban J connectivity index is 1.93. The first-order valence-corrected chi connectivity index (χ1v) is 6.39. The van der Waals surface area contributed by atoms with Crippen molar-refractivity contribution in [1.29, 1.82) is 0 Å². The van der Waals surface area contributed by atoms with Crippen LogP contribution in [0.3, 0.4) is 0 Å². The lowest BCUT2D eigenvalue weighted by Gasteiger charge is -2.27. The van der Waals surface area contributed by atoms with E-state index in [0.717, 1.165) is 19.4 Å². The Hall–Kier alpha value is -1.55. The Morgan fingerprint density at radius 3 is 2.72 bits per heavy atom. The number of nitrogen functional groups attached to an aromatic ring is 1. The number of nitrogens with zero attached hydrogens (tertiary/aromatic N) is 1. The highest BCUT2D eigenvalue weighted by atomic mass is 16.5. The standard InChI is InChI=1S/C14H20N2O2/c1-16(10-13-4-2-3-9-18-13)14(17)11-5-7-12(15)8-6-11/h5-8,13H,2-4,9-10,15H2,1H3. The molecule has 4 nitrogen and oxygen atoms in total. The second-order valence-electron chi connectivity index (χ2n) is 4.80. The number of ether oxygens (including phenoxy) is 1. The third-order valence-electron chi connectivity index (χ3n) is 3.26. The summed E-state index contributed by atoms with van der Waals surface area (Å²) < 4.78 is 5.64. The molecule has 1 aromatic carbocycles. The van der Waals surface area contributed by atoms with Crippen LogP contribution in [-0.2, 0) is 4.74 Å². The van der Waals surface area contributed by atoms with Crippen LogP contribution in [0.4, 0.5) is 5.69 Å². The van der Waals surface area contributed by atoms with Gasteiger partial charge in [0.2, 0.25) is 0 Å². The molecule has 0 aliphatic carbocycles. The Morgan fingerprint density at radius 1 is 1.39 bits per heavy atom. The van der Waals surface area contributed by atoms with Crippen molar-refractivity contribution in [3.05, 3.63) is 29.8 Å². The van der Waals surface area contributed by atoms with Crippen LogP contribution in [0, 0.1) is 0 Å². The molecular weight excluding hydrogens is 228 g/mol. The van der Waals surface area contributed by atoms with Crippen LogP contribution >= 0.6 is 0 Å². The van der Waals surface area contributed by atoms with Crippen LogP contribution in [0.2, 0.25) is 0 Å². The van der Waals surface area contributed by atoms with Gasteiger partial charge in [-0.2, -0.15) is 0 Å². The van der Waals surface area contributed by atoms with E-state index >= 15 is 0 Å². The molecule has 1 aliphatic heterocycles. The van der Waals surface area contributed by atoms with Gasteiger partial charge in [0, 0.05) is 31.5 Å². The molecule has 4 heteroatoms. The molecule has 1 amide bonds. The molecule has 0 bridgehead atoms. The maximum absolute atomic E-state index is 12.2. The Labute approximate surface area is 108 Å². The lowest BCUT2D eigenvalue weighted by atomic mass is 10.1. The molecule has 0 aromatic heterocycles. The molecule has 1 saturated heterocycles. The molecule has 1 fully saturated rings. The van der Waals surface area contributed by atoms with Crippen LogP contribution in [0.25, 0.3) is 0 Å². The minimum absolute atomic E-state index is 0.0178. The number of carbonyl (C=O) groups is 1. The first kappa shape index (κ1) is 12.9. The van der Waals surface area contributed by atoms with Gasteiger partial charge in [0.05, 0.1) is 6.10 Å². The molecular formula is C14H20N2O2. The van der Waals surface area contributed by atoms with E-state index in [9.17, 15) is 4.79 Å². The van der Waals surface area contributed by atoms with Crippen molar-refractivity contribution in [2.24, 2.45) is 0 Å². The number of carbonyl (C=O) groups excluding carboxylic acids is 1. The number of anilines is 1. The average molecular weight is 248 g/mol. The predicted octanol–water partition coefficient (Wildman–Crippen LogP) is 1.91. The van der Waals surface area contributed by atoms with Gasteiger partial charge >= 0.3 is 0 Å².